The van der Waals surface area contributed by atoms with Crippen LogP contribution in [0.1, 0.15) is 31.7 Å². The van der Waals surface area contributed by atoms with Gasteiger partial charge in [-0.15, -0.1) is 0 Å². The first kappa shape index (κ1) is 17.6. The summed E-state index contributed by atoms with van der Waals surface area (Å²) >= 11 is 1.51. The summed E-state index contributed by atoms with van der Waals surface area (Å²) in [4.78, 5) is 13.2. The Hall–Kier alpha value is -2.78. The number of ether oxygens (including phenoxy) is 1. The second-order valence-electron chi connectivity index (χ2n) is 5.74. The first-order valence-electron chi connectivity index (χ1n) is 8.57. The molecule has 8 nitrogen and oxygen atoms in total. The zero-order chi connectivity index (χ0) is 18.6. The quantitative estimate of drug-likeness (QED) is 0.354. The van der Waals surface area contributed by atoms with Gasteiger partial charge >= 0.3 is 0 Å². The van der Waals surface area contributed by atoms with E-state index in [1.54, 1.807) is 17.2 Å². The van der Waals surface area contributed by atoms with E-state index in [-0.39, 0.29) is 6.10 Å². The Morgan fingerprint density at radius 2 is 2.07 bits per heavy atom. The Morgan fingerprint density at radius 3 is 2.89 bits per heavy atom. The van der Waals surface area contributed by atoms with Crippen molar-refractivity contribution >= 4 is 22.8 Å². The molecule has 1 aromatic carbocycles. The summed E-state index contributed by atoms with van der Waals surface area (Å²) in [7, 11) is 0. The van der Waals surface area contributed by atoms with Crippen LogP contribution in [-0.4, -0.2) is 36.5 Å². The van der Waals surface area contributed by atoms with Crippen molar-refractivity contribution in [1.29, 1.82) is 0 Å². The van der Waals surface area contributed by atoms with Crippen LogP contribution in [0.15, 0.2) is 52.4 Å². The summed E-state index contributed by atoms with van der Waals surface area (Å²) in [5, 5.41) is 10.1. The molecule has 3 heterocycles. The summed E-state index contributed by atoms with van der Waals surface area (Å²) in [6.07, 6.45) is 3.14. The molecule has 9 heteroatoms. The van der Waals surface area contributed by atoms with Gasteiger partial charge in [-0.1, -0.05) is 35.1 Å². The van der Waals surface area contributed by atoms with E-state index in [0.29, 0.717) is 24.1 Å². The Morgan fingerprint density at radius 1 is 1.22 bits per heavy atom. The summed E-state index contributed by atoms with van der Waals surface area (Å²) in [5.41, 5.74) is 1.71. The van der Waals surface area contributed by atoms with Gasteiger partial charge in [0, 0.05) is 6.61 Å². The summed E-state index contributed by atoms with van der Waals surface area (Å²) < 4.78 is 12.6. The van der Waals surface area contributed by atoms with Crippen LogP contribution in [0, 0.1) is 0 Å². The van der Waals surface area contributed by atoms with Crippen molar-refractivity contribution in [1.82, 2.24) is 29.9 Å². The monoisotopic (exact) mass is 382 g/mol. The van der Waals surface area contributed by atoms with Crippen molar-refractivity contribution in [3.05, 3.63) is 54.6 Å². The average Bonchev–Trinajstić information content (AvgIpc) is 3.35. The molecule has 0 aliphatic rings. The minimum absolute atomic E-state index is 0.188. The lowest BCUT2D eigenvalue weighted by Crippen LogP contribution is -2.01. The van der Waals surface area contributed by atoms with Gasteiger partial charge in [-0.05, 0) is 26.0 Å². The minimum atomic E-state index is -0.188. The van der Waals surface area contributed by atoms with Gasteiger partial charge in [0.15, 0.2) is 11.5 Å². The number of hydrogen-bond donors (Lipinski definition) is 0. The van der Waals surface area contributed by atoms with Gasteiger partial charge < -0.3 is 9.26 Å². The molecule has 3 aromatic heterocycles. The van der Waals surface area contributed by atoms with E-state index < -0.39 is 0 Å². The smallest absolute Gasteiger partial charge is 0.237 e. The van der Waals surface area contributed by atoms with E-state index in [9.17, 15) is 0 Å². The van der Waals surface area contributed by atoms with Gasteiger partial charge in [0.1, 0.15) is 17.5 Å². The molecule has 0 fully saturated rings. The molecular formula is C18H18N6O2S. The molecule has 0 spiro atoms. The van der Waals surface area contributed by atoms with Crippen molar-refractivity contribution in [2.24, 2.45) is 0 Å². The van der Waals surface area contributed by atoms with E-state index in [1.807, 2.05) is 44.2 Å². The molecule has 0 saturated heterocycles. The lowest BCUT2D eigenvalue weighted by molar-refractivity contribution is 0.0683. The van der Waals surface area contributed by atoms with Crippen molar-refractivity contribution in [3.8, 4) is 5.69 Å². The molecule has 0 N–H and O–H groups in total. The minimum Gasteiger partial charge on any atom is -0.371 e. The normalized spacial score (nSPS) is 12.5. The largest absolute Gasteiger partial charge is 0.371 e. The van der Waals surface area contributed by atoms with Gasteiger partial charge in [-0.25, -0.2) is 14.6 Å². The molecule has 4 aromatic rings. The fourth-order valence-corrected chi connectivity index (χ4v) is 3.44. The van der Waals surface area contributed by atoms with E-state index in [2.05, 4.69) is 25.2 Å². The van der Waals surface area contributed by atoms with E-state index >= 15 is 0 Å². The summed E-state index contributed by atoms with van der Waals surface area (Å²) in [5.74, 6) is 1.59. The highest BCUT2D eigenvalue weighted by atomic mass is 32.2. The molecule has 1 unspecified atom stereocenters. The maximum atomic E-state index is 5.48. The maximum absolute atomic E-state index is 5.48. The van der Waals surface area contributed by atoms with Crippen LogP contribution >= 0.6 is 11.8 Å². The Kier molecular flexibility index (Phi) is 5.12. The zero-order valence-electron chi connectivity index (χ0n) is 14.9. The van der Waals surface area contributed by atoms with Crippen molar-refractivity contribution in [2.45, 2.75) is 30.7 Å². The highest BCUT2D eigenvalue weighted by molar-refractivity contribution is 7.98. The number of hydrogen-bond acceptors (Lipinski definition) is 8. The molecular weight excluding hydrogens is 364 g/mol. The maximum Gasteiger partial charge on any atom is 0.237 e. The first-order chi connectivity index (χ1) is 13.3. The molecule has 0 bridgehead atoms. The Balaban J connectivity index is 1.54. The van der Waals surface area contributed by atoms with E-state index in [1.165, 1.54) is 11.8 Å². The lowest BCUT2D eigenvalue weighted by Gasteiger charge is -2.04. The fourth-order valence-electron chi connectivity index (χ4n) is 2.64. The molecule has 0 radical (unpaired) electrons. The molecule has 1 atom stereocenters. The van der Waals surface area contributed by atoms with Crippen molar-refractivity contribution in [2.75, 3.05) is 6.61 Å². The van der Waals surface area contributed by atoms with Crippen LogP contribution < -0.4 is 0 Å². The zero-order valence-corrected chi connectivity index (χ0v) is 15.8. The van der Waals surface area contributed by atoms with Gasteiger partial charge in [-0.3, -0.25) is 0 Å². The SMILES string of the molecule is CCOC(C)c1noc(CSc2ncnc3c2cnn3-c2ccccc2)n1. The number of nitrogens with zero attached hydrogens (tertiary/aromatic N) is 6. The van der Waals surface area contributed by atoms with Crippen LogP contribution in [-0.2, 0) is 10.5 Å². The fraction of sp³-hybridized carbons (Fsp3) is 0.278. The van der Waals surface area contributed by atoms with E-state index in [4.69, 9.17) is 9.26 Å². The second kappa shape index (κ2) is 7.85. The van der Waals surface area contributed by atoms with Gasteiger partial charge in [0.2, 0.25) is 5.89 Å². The summed E-state index contributed by atoms with van der Waals surface area (Å²) in [6, 6.07) is 9.88. The van der Waals surface area contributed by atoms with Crippen LogP contribution in [0.25, 0.3) is 16.7 Å². The highest BCUT2D eigenvalue weighted by Gasteiger charge is 2.16. The highest BCUT2D eigenvalue weighted by Crippen LogP contribution is 2.28. The van der Waals surface area contributed by atoms with Crippen LogP contribution in [0.5, 0.6) is 0 Å². The van der Waals surface area contributed by atoms with E-state index in [0.717, 1.165) is 21.7 Å². The predicted molar refractivity (Wildman–Crippen MR) is 101 cm³/mol. The third kappa shape index (κ3) is 3.69. The number of para-hydroxylation sites is 1. The van der Waals surface area contributed by atoms with Crippen molar-refractivity contribution < 1.29 is 9.26 Å². The number of aromatic nitrogens is 6. The summed E-state index contributed by atoms with van der Waals surface area (Å²) in [6.45, 7) is 4.44. The van der Waals surface area contributed by atoms with Crippen LogP contribution in [0.3, 0.4) is 0 Å². The lowest BCUT2D eigenvalue weighted by atomic mass is 10.3. The number of benzene rings is 1. The number of rotatable bonds is 7. The molecule has 0 amide bonds. The number of thioether (sulfide) groups is 1. The Bertz CT molecular complexity index is 1030. The van der Waals surface area contributed by atoms with Gasteiger partial charge in [0.05, 0.1) is 23.0 Å². The molecule has 0 aliphatic heterocycles. The molecule has 138 valence electrons. The topological polar surface area (TPSA) is 91.8 Å². The van der Waals surface area contributed by atoms with Gasteiger partial charge in [0.25, 0.3) is 0 Å². The third-order valence-electron chi connectivity index (χ3n) is 3.93. The molecule has 0 saturated carbocycles. The van der Waals surface area contributed by atoms with Crippen LogP contribution in [0.2, 0.25) is 0 Å². The third-order valence-corrected chi connectivity index (χ3v) is 4.92. The van der Waals surface area contributed by atoms with Gasteiger partial charge in [-0.2, -0.15) is 10.1 Å². The number of fused-ring (bicyclic) bond motifs is 1. The predicted octanol–water partition coefficient (Wildman–Crippen LogP) is 3.59. The average molecular weight is 382 g/mol. The molecule has 4 rings (SSSR count). The Labute approximate surface area is 160 Å². The second-order valence-corrected chi connectivity index (χ2v) is 6.70. The van der Waals surface area contributed by atoms with Crippen molar-refractivity contribution in [3.63, 3.8) is 0 Å². The van der Waals surface area contributed by atoms with Crippen LogP contribution in [0.4, 0.5) is 0 Å². The molecule has 27 heavy (non-hydrogen) atoms. The first-order valence-corrected chi connectivity index (χ1v) is 9.56. The standard InChI is InChI=1S/C18H18N6O2S/c1-3-25-12(2)16-22-15(26-23-16)10-27-18-14-9-21-24(17(14)19-11-20-18)13-7-5-4-6-8-13/h4-9,11-12H,3,10H2,1-2H3. The molecule has 0 aliphatic carbocycles.